The summed E-state index contributed by atoms with van der Waals surface area (Å²) >= 11 is 0. The Kier molecular flexibility index (Phi) is 3.00. The highest BCUT2D eigenvalue weighted by Crippen LogP contribution is 2.11. The Morgan fingerprint density at radius 2 is 2.29 bits per heavy atom. The number of carboxylic acid groups (broad SMARTS) is 1. The van der Waals surface area contributed by atoms with Gasteiger partial charge in [0.2, 0.25) is 0 Å². The number of aliphatic carboxylic acids is 1. The van der Waals surface area contributed by atoms with Crippen LogP contribution in [-0.2, 0) is 4.79 Å². The maximum Gasteiger partial charge on any atom is 0.307 e. The van der Waals surface area contributed by atoms with Crippen LogP contribution >= 0.6 is 0 Å². The van der Waals surface area contributed by atoms with Crippen LogP contribution < -0.4 is 5.56 Å². The molecule has 0 atom stereocenters. The molecule has 2 aromatic rings. The van der Waals surface area contributed by atoms with Crippen LogP contribution in [0.15, 0.2) is 35.4 Å². The van der Waals surface area contributed by atoms with Crippen LogP contribution in [0.3, 0.4) is 0 Å². The summed E-state index contributed by atoms with van der Waals surface area (Å²) in [7, 11) is 0. The van der Waals surface area contributed by atoms with Crippen LogP contribution in [0, 0.1) is 0 Å². The molecule has 17 heavy (non-hydrogen) atoms. The second-order valence-electron chi connectivity index (χ2n) is 3.51. The number of carbonyl (C=O) groups is 1. The van der Waals surface area contributed by atoms with Gasteiger partial charge < -0.3 is 10.1 Å². The Balaban J connectivity index is 2.35. The summed E-state index contributed by atoms with van der Waals surface area (Å²) in [5.41, 5.74) is 1.22. The number of H-pyrrole nitrogens is 1. The first-order chi connectivity index (χ1) is 8.16. The van der Waals surface area contributed by atoms with Crippen molar-refractivity contribution in [2.24, 2.45) is 0 Å². The predicted octanol–water partition coefficient (Wildman–Crippen LogP) is 1.41. The highest BCUT2D eigenvalue weighted by atomic mass is 16.4. The van der Waals surface area contributed by atoms with Gasteiger partial charge in [0.15, 0.2) is 0 Å². The molecular formula is C12H10N2O3. The number of fused-ring (bicyclic) bond motifs is 1. The third-order valence-corrected chi connectivity index (χ3v) is 2.27. The summed E-state index contributed by atoms with van der Waals surface area (Å²) in [6, 6.07) is 5.15. The zero-order valence-corrected chi connectivity index (χ0v) is 8.88. The maximum absolute atomic E-state index is 11.4. The molecule has 5 heteroatoms. The van der Waals surface area contributed by atoms with Crippen LogP contribution in [0.1, 0.15) is 12.0 Å². The minimum Gasteiger partial charge on any atom is -0.481 e. The van der Waals surface area contributed by atoms with Gasteiger partial charge in [0, 0.05) is 0 Å². The zero-order chi connectivity index (χ0) is 12.3. The zero-order valence-electron chi connectivity index (χ0n) is 8.88. The molecule has 0 amide bonds. The molecule has 1 aromatic carbocycles. The standard InChI is InChI=1S/C12H10N2O3/c15-11(16)3-1-2-8-4-5-9-10(6-8)13-7-14-12(9)17/h1-2,4-7H,3H2,(H,15,16)(H,13,14,17). The summed E-state index contributed by atoms with van der Waals surface area (Å²) in [6.45, 7) is 0. The SMILES string of the molecule is O=C(O)CC=Cc1ccc2c(=O)[nH]cnc2c1. The molecule has 1 heterocycles. The second kappa shape index (κ2) is 4.61. The minimum atomic E-state index is -0.878. The molecule has 0 aliphatic heterocycles. The maximum atomic E-state index is 11.4. The average Bonchev–Trinajstić information content (AvgIpc) is 2.29. The summed E-state index contributed by atoms with van der Waals surface area (Å²) in [4.78, 5) is 28.3. The molecule has 0 saturated carbocycles. The lowest BCUT2D eigenvalue weighted by atomic mass is 10.1. The molecule has 2 N–H and O–H groups in total. The topological polar surface area (TPSA) is 83.0 Å². The molecule has 86 valence electrons. The van der Waals surface area contributed by atoms with Crippen molar-refractivity contribution < 1.29 is 9.90 Å². The fourth-order valence-electron chi connectivity index (χ4n) is 1.49. The Morgan fingerprint density at radius 1 is 1.47 bits per heavy atom. The van der Waals surface area contributed by atoms with E-state index in [4.69, 9.17) is 5.11 Å². The van der Waals surface area contributed by atoms with Crippen LogP contribution in [0.2, 0.25) is 0 Å². The van der Waals surface area contributed by atoms with Crippen molar-refractivity contribution in [3.8, 4) is 0 Å². The van der Waals surface area contributed by atoms with Gasteiger partial charge in [-0.15, -0.1) is 0 Å². The van der Waals surface area contributed by atoms with E-state index in [1.165, 1.54) is 6.33 Å². The third-order valence-electron chi connectivity index (χ3n) is 2.27. The van der Waals surface area contributed by atoms with E-state index in [9.17, 15) is 9.59 Å². The lowest BCUT2D eigenvalue weighted by Crippen LogP contribution is -2.05. The average molecular weight is 230 g/mol. The van der Waals surface area contributed by atoms with E-state index in [-0.39, 0.29) is 12.0 Å². The van der Waals surface area contributed by atoms with Gasteiger partial charge >= 0.3 is 5.97 Å². The molecule has 0 aliphatic rings. The van der Waals surface area contributed by atoms with Gasteiger partial charge in [-0.2, -0.15) is 0 Å². The first-order valence-corrected chi connectivity index (χ1v) is 5.02. The number of nitrogens with zero attached hydrogens (tertiary/aromatic N) is 1. The van der Waals surface area contributed by atoms with Gasteiger partial charge in [0.25, 0.3) is 5.56 Å². The molecule has 0 spiro atoms. The normalized spacial score (nSPS) is 11.1. The van der Waals surface area contributed by atoms with Crippen molar-refractivity contribution in [3.05, 3.63) is 46.5 Å². The van der Waals surface area contributed by atoms with Gasteiger partial charge in [-0.25, -0.2) is 4.98 Å². The number of carboxylic acids is 1. The Hall–Kier alpha value is -2.43. The fraction of sp³-hybridized carbons (Fsp3) is 0.0833. The third kappa shape index (κ3) is 2.57. The fourth-order valence-corrected chi connectivity index (χ4v) is 1.49. The number of aromatic amines is 1. The van der Waals surface area contributed by atoms with E-state index >= 15 is 0 Å². The van der Waals surface area contributed by atoms with E-state index in [0.29, 0.717) is 10.9 Å². The quantitative estimate of drug-likeness (QED) is 0.835. The lowest BCUT2D eigenvalue weighted by Gasteiger charge is -1.97. The van der Waals surface area contributed by atoms with Crippen molar-refractivity contribution >= 4 is 22.9 Å². The Morgan fingerprint density at radius 3 is 3.06 bits per heavy atom. The molecule has 2 rings (SSSR count). The largest absolute Gasteiger partial charge is 0.481 e. The van der Waals surface area contributed by atoms with Crippen LogP contribution in [-0.4, -0.2) is 21.0 Å². The lowest BCUT2D eigenvalue weighted by molar-refractivity contribution is -0.135. The molecule has 5 nitrogen and oxygen atoms in total. The van der Waals surface area contributed by atoms with E-state index in [0.717, 1.165) is 5.56 Å². The second-order valence-corrected chi connectivity index (χ2v) is 3.51. The van der Waals surface area contributed by atoms with Crippen LogP contribution in [0.5, 0.6) is 0 Å². The number of hydrogen-bond donors (Lipinski definition) is 2. The van der Waals surface area contributed by atoms with Gasteiger partial charge in [-0.3, -0.25) is 9.59 Å². The molecular weight excluding hydrogens is 220 g/mol. The van der Waals surface area contributed by atoms with Crippen LogP contribution in [0.25, 0.3) is 17.0 Å². The van der Waals surface area contributed by atoms with Gasteiger partial charge in [0.1, 0.15) is 0 Å². The van der Waals surface area contributed by atoms with Crippen molar-refractivity contribution in [3.63, 3.8) is 0 Å². The molecule has 0 saturated heterocycles. The number of aromatic nitrogens is 2. The van der Waals surface area contributed by atoms with Crippen LogP contribution in [0.4, 0.5) is 0 Å². The van der Waals surface area contributed by atoms with E-state index in [2.05, 4.69) is 9.97 Å². The van der Waals surface area contributed by atoms with E-state index < -0.39 is 5.97 Å². The Labute approximate surface area is 96.4 Å². The first kappa shape index (κ1) is 11.1. The van der Waals surface area contributed by atoms with E-state index in [1.807, 2.05) is 0 Å². The first-order valence-electron chi connectivity index (χ1n) is 5.02. The highest BCUT2D eigenvalue weighted by molar-refractivity contribution is 5.80. The van der Waals surface area contributed by atoms with E-state index in [1.54, 1.807) is 30.4 Å². The minimum absolute atomic E-state index is 0.0269. The van der Waals surface area contributed by atoms with Crippen molar-refractivity contribution in [1.82, 2.24) is 9.97 Å². The monoisotopic (exact) mass is 230 g/mol. The molecule has 0 radical (unpaired) electrons. The predicted molar refractivity (Wildman–Crippen MR) is 63.7 cm³/mol. The Bertz CT molecular complexity index is 643. The van der Waals surface area contributed by atoms with Gasteiger partial charge in [-0.1, -0.05) is 18.2 Å². The summed E-state index contributed by atoms with van der Waals surface area (Å²) < 4.78 is 0. The number of benzene rings is 1. The number of nitrogens with one attached hydrogen (secondary N) is 1. The van der Waals surface area contributed by atoms with Crippen molar-refractivity contribution in [2.45, 2.75) is 6.42 Å². The summed E-state index contributed by atoms with van der Waals surface area (Å²) in [6.07, 6.45) is 4.56. The van der Waals surface area contributed by atoms with Gasteiger partial charge in [-0.05, 0) is 17.7 Å². The number of hydrogen-bond acceptors (Lipinski definition) is 3. The number of rotatable bonds is 3. The molecule has 0 unspecified atom stereocenters. The smallest absolute Gasteiger partial charge is 0.307 e. The summed E-state index contributed by atoms with van der Waals surface area (Å²) in [5.74, 6) is -0.878. The molecule has 0 aliphatic carbocycles. The molecule has 0 fully saturated rings. The molecule has 1 aromatic heterocycles. The summed E-state index contributed by atoms with van der Waals surface area (Å²) in [5, 5.41) is 9.01. The van der Waals surface area contributed by atoms with Gasteiger partial charge in [0.05, 0.1) is 23.7 Å². The van der Waals surface area contributed by atoms with Crippen molar-refractivity contribution in [2.75, 3.05) is 0 Å². The highest BCUT2D eigenvalue weighted by Gasteiger charge is 1.99. The molecule has 0 bridgehead atoms. The van der Waals surface area contributed by atoms with Crippen molar-refractivity contribution in [1.29, 1.82) is 0 Å².